The zero-order valence-electron chi connectivity index (χ0n) is 21.6. The molecule has 38 heavy (non-hydrogen) atoms. The highest BCUT2D eigenvalue weighted by Gasteiger charge is 2.29. The van der Waals surface area contributed by atoms with E-state index in [4.69, 9.17) is 11.5 Å². The van der Waals surface area contributed by atoms with E-state index < -0.39 is 23.9 Å². The third-order valence-corrected chi connectivity index (χ3v) is 5.85. The molecular formula is C29H34N6O3. The summed E-state index contributed by atoms with van der Waals surface area (Å²) in [6, 6.07) is 23.6. The summed E-state index contributed by atoms with van der Waals surface area (Å²) < 4.78 is 0. The van der Waals surface area contributed by atoms with Gasteiger partial charge in [-0.05, 0) is 41.3 Å². The number of guanidine groups is 1. The van der Waals surface area contributed by atoms with Crippen molar-refractivity contribution in [1.82, 2.24) is 16.0 Å². The first-order valence-corrected chi connectivity index (χ1v) is 12.4. The van der Waals surface area contributed by atoms with E-state index in [0.29, 0.717) is 24.2 Å². The fourth-order valence-electron chi connectivity index (χ4n) is 3.82. The summed E-state index contributed by atoms with van der Waals surface area (Å²) in [4.78, 5) is 43.4. The maximum atomic E-state index is 13.4. The molecule has 3 rings (SSSR count). The summed E-state index contributed by atoms with van der Waals surface area (Å²) in [7, 11) is 0. The molecule has 0 aliphatic rings. The molecule has 198 valence electrons. The summed E-state index contributed by atoms with van der Waals surface area (Å²) in [6.45, 7) is 3.99. The fourth-order valence-corrected chi connectivity index (χ4v) is 3.82. The Labute approximate surface area is 222 Å². The molecule has 0 saturated heterocycles. The minimum atomic E-state index is -0.861. The highest BCUT2D eigenvalue weighted by atomic mass is 16.2. The van der Waals surface area contributed by atoms with Crippen molar-refractivity contribution in [3.63, 3.8) is 0 Å². The van der Waals surface area contributed by atoms with E-state index in [-0.39, 0.29) is 17.8 Å². The van der Waals surface area contributed by atoms with E-state index in [2.05, 4.69) is 20.9 Å². The van der Waals surface area contributed by atoms with E-state index in [9.17, 15) is 14.4 Å². The third-order valence-electron chi connectivity index (χ3n) is 5.85. The zero-order chi connectivity index (χ0) is 27.5. The van der Waals surface area contributed by atoms with Crippen LogP contribution in [0.5, 0.6) is 0 Å². The van der Waals surface area contributed by atoms with Crippen LogP contribution in [0.4, 0.5) is 5.69 Å². The number of rotatable bonds is 11. The number of carbonyl (C=O) groups is 3. The summed E-state index contributed by atoms with van der Waals surface area (Å²) in [5.41, 5.74) is 13.5. The van der Waals surface area contributed by atoms with Crippen LogP contribution in [0.2, 0.25) is 0 Å². The second-order valence-corrected chi connectivity index (χ2v) is 9.23. The van der Waals surface area contributed by atoms with E-state index in [1.807, 2.05) is 74.5 Å². The number of amides is 3. The number of hydrogen-bond donors (Lipinski definition) is 5. The second kappa shape index (κ2) is 13.6. The van der Waals surface area contributed by atoms with Gasteiger partial charge in [0.05, 0.1) is 5.69 Å². The number of nitrogens with two attached hydrogens (primary N) is 2. The number of aliphatic imine (C=N–C) groups is 1. The van der Waals surface area contributed by atoms with Crippen molar-refractivity contribution in [3.8, 4) is 0 Å². The van der Waals surface area contributed by atoms with E-state index >= 15 is 0 Å². The highest BCUT2D eigenvalue weighted by molar-refractivity contribution is 5.98. The quantitative estimate of drug-likeness (QED) is 0.197. The summed E-state index contributed by atoms with van der Waals surface area (Å²) >= 11 is 0. The van der Waals surface area contributed by atoms with Gasteiger partial charge < -0.3 is 27.4 Å². The molecule has 0 fully saturated rings. The fraction of sp³-hybridized carbons (Fsp3) is 0.241. The number of hydrogen-bond acceptors (Lipinski definition) is 4. The lowest BCUT2D eigenvalue weighted by molar-refractivity contribution is -0.130. The van der Waals surface area contributed by atoms with Gasteiger partial charge in [-0.1, -0.05) is 74.5 Å². The Morgan fingerprint density at radius 2 is 1.34 bits per heavy atom. The lowest BCUT2D eigenvalue weighted by Gasteiger charge is -2.25. The average Bonchev–Trinajstić information content (AvgIpc) is 2.90. The Balaban J connectivity index is 1.72. The Morgan fingerprint density at radius 1 is 0.763 bits per heavy atom. The number of nitrogens with one attached hydrogen (secondary N) is 3. The Kier molecular flexibility index (Phi) is 9.99. The van der Waals surface area contributed by atoms with Crippen LogP contribution in [-0.4, -0.2) is 35.8 Å². The number of benzene rings is 3. The molecule has 0 aromatic heterocycles. The predicted octanol–water partition coefficient (Wildman–Crippen LogP) is 2.39. The predicted molar refractivity (Wildman–Crippen MR) is 148 cm³/mol. The first-order valence-electron chi connectivity index (χ1n) is 12.4. The van der Waals surface area contributed by atoms with Crippen molar-refractivity contribution >= 4 is 29.4 Å². The van der Waals surface area contributed by atoms with Crippen LogP contribution in [0.3, 0.4) is 0 Å². The molecule has 3 aromatic carbocycles. The lowest BCUT2D eigenvalue weighted by atomic mass is 10.0. The van der Waals surface area contributed by atoms with Crippen LogP contribution in [0.15, 0.2) is 89.9 Å². The monoisotopic (exact) mass is 514 g/mol. The molecule has 9 heteroatoms. The van der Waals surface area contributed by atoms with Gasteiger partial charge in [-0.2, -0.15) is 0 Å². The van der Waals surface area contributed by atoms with Gasteiger partial charge in [0.2, 0.25) is 11.8 Å². The molecule has 3 amide bonds. The zero-order valence-corrected chi connectivity index (χ0v) is 21.6. The van der Waals surface area contributed by atoms with Crippen LogP contribution in [0.1, 0.15) is 35.3 Å². The normalized spacial score (nSPS) is 12.2. The first-order chi connectivity index (χ1) is 18.2. The number of carbonyl (C=O) groups excluding carboxylic acids is 3. The standard InChI is InChI=1S/C29H34N6O3/c1-19(2)25(35-26(36)22-13-15-23(16-14-22)33-29(30)31)28(38)34-24(17-20-9-5-3-6-10-20)27(37)32-18-21-11-7-4-8-12-21/h3-16,19,24-25H,17-18H2,1-2H3,(H,32,37)(H,34,38)(H,35,36)(H4,30,31,33)/t24-,25-/m0/s1. The van der Waals surface area contributed by atoms with E-state index in [1.54, 1.807) is 24.3 Å². The van der Waals surface area contributed by atoms with E-state index in [1.165, 1.54) is 0 Å². The molecule has 0 bridgehead atoms. The van der Waals surface area contributed by atoms with Crippen molar-refractivity contribution in [2.75, 3.05) is 0 Å². The van der Waals surface area contributed by atoms with Gasteiger partial charge in [-0.15, -0.1) is 0 Å². The molecule has 7 N–H and O–H groups in total. The van der Waals surface area contributed by atoms with Gasteiger partial charge >= 0.3 is 0 Å². The third kappa shape index (κ3) is 8.48. The lowest BCUT2D eigenvalue weighted by Crippen LogP contribution is -2.55. The van der Waals surface area contributed by atoms with Crippen LogP contribution in [-0.2, 0) is 22.6 Å². The van der Waals surface area contributed by atoms with Crippen molar-refractivity contribution in [1.29, 1.82) is 0 Å². The maximum absolute atomic E-state index is 13.4. The molecular weight excluding hydrogens is 480 g/mol. The van der Waals surface area contributed by atoms with Crippen LogP contribution in [0, 0.1) is 5.92 Å². The Bertz CT molecular complexity index is 1240. The average molecular weight is 515 g/mol. The second-order valence-electron chi connectivity index (χ2n) is 9.23. The van der Waals surface area contributed by atoms with Crippen molar-refractivity contribution in [3.05, 3.63) is 102 Å². The van der Waals surface area contributed by atoms with Gasteiger partial charge in [0.25, 0.3) is 5.91 Å². The first kappa shape index (κ1) is 27.9. The minimum Gasteiger partial charge on any atom is -0.370 e. The van der Waals surface area contributed by atoms with Gasteiger partial charge in [0.1, 0.15) is 12.1 Å². The molecule has 0 heterocycles. The molecule has 3 aromatic rings. The SMILES string of the molecule is CC(C)[C@H](NC(=O)c1ccc(N=C(N)N)cc1)C(=O)N[C@@H](Cc1ccccc1)C(=O)NCc1ccccc1. The van der Waals surface area contributed by atoms with Crippen molar-refractivity contribution in [2.24, 2.45) is 22.4 Å². The van der Waals surface area contributed by atoms with Gasteiger partial charge in [0, 0.05) is 18.5 Å². The summed E-state index contributed by atoms with van der Waals surface area (Å²) in [5, 5.41) is 8.56. The van der Waals surface area contributed by atoms with Crippen LogP contribution in [0.25, 0.3) is 0 Å². The van der Waals surface area contributed by atoms with Gasteiger partial charge in [-0.3, -0.25) is 14.4 Å². The van der Waals surface area contributed by atoms with Crippen LogP contribution >= 0.6 is 0 Å². The van der Waals surface area contributed by atoms with Crippen LogP contribution < -0.4 is 27.4 Å². The summed E-state index contributed by atoms with van der Waals surface area (Å²) in [5.74, 6) is -1.50. The number of nitrogens with zero attached hydrogens (tertiary/aromatic N) is 1. The minimum absolute atomic E-state index is 0.0865. The Hall–Kier alpha value is -4.66. The van der Waals surface area contributed by atoms with Gasteiger partial charge in [-0.25, -0.2) is 4.99 Å². The molecule has 0 aliphatic carbocycles. The van der Waals surface area contributed by atoms with E-state index in [0.717, 1.165) is 11.1 Å². The maximum Gasteiger partial charge on any atom is 0.251 e. The topological polar surface area (TPSA) is 152 Å². The summed E-state index contributed by atoms with van der Waals surface area (Å²) in [6.07, 6.45) is 0.304. The molecule has 2 atom stereocenters. The molecule has 0 spiro atoms. The van der Waals surface area contributed by atoms with Gasteiger partial charge in [0.15, 0.2) is 5.96 Å². The Morgan fingerprint density at radius 3 is 1.89 bits per heavy atom. The molecule has 9 nitrogen and oxygen atoms in total. The highest BCUT2D eigenvalue weighted by Crippen LogP contribution is 2.14. The molecule has 0 aliphatic heterocycles. The largest absolute Gasteiger partial charge is 0.370 e. The van der Waals surface area contributed by atoms with Crippen molar-refractivity contribution < 1.29 is 14.4 Å². The molecule has 0 saturated carbocycles. The molecule has 0 radical (unpaired) electrons. The van der Waals surface area contributed by atoms with Crippen molar-refractivity contribution in [2.45, 2.75) is 38.9 Å². The molecule has 0 unspecified atom stereocenters. The smallest absolute Gasteiger partial charge is 0.251 e.